The van der Waals surface area contributed by atoms with Gasteiger partial charge in [-0.15, -0.1) is 0 Å². The Morgan fingerprint density at radius 1 is 1.06 bits per heavy atom. The summed E-state index contributed by atoms with van der Waals surface area (Å²) in [6.45, 7) is 5.39. The summed E-state index contributed by atoms with van der Waals surface area (Å²) in [5.41, 5.74) is 8.43. The van der Waals surface area contributed by atoms with Gasteiger partial charge in [0.1, 0.15) is 0 Å². The van der Waals surface area contributed by atoms with E-state index in [1.165, 1.54) is 18.2 Å². The van der Waals surface area contributed by atoms with Gasteiger partial charge >= 0.3 is 0 Å². The Kier molecular flexibility index (Phi) is 6.20. The maximum Gasteiger partial charge on any atom is 0.276 e. The zero-order chi connectivity index (χ0) is 25.4. The molecule has 3 aromatic carbocycles. The molecule has 0 saturated carbocycles. The van der Waals surface area contributed by atoms with Crippen molar-refractivity contribution < 1.29 is 9.63 Å². The Labute approximate surface area is 209 Å². The van der Waals surface area contributed by atoms with E-state index in [0.29, 0.717) is 41.2 Å². The minimum absolute atomic E-state index is 0.0806. The van der Waals surface area contributed by atoms with Gasteiger partial charge in [0, 0.05) is 31.4 Å². The average molecular weight is 484 g/mol. The van der Waals surface area contributed by atoms with Crippen LogP contribution in [0.1, 0.15) is 45.6 Å². The van der Waals surface area contributed by atoms with Gasteiger partial charge in [0.2, 0.25) is 5.95 Å². The Hall–Kier alpha value is -4.17. The SMILES string of the molecule is CONC(=O)c1ccccc1NC(C)c1cc(C)cc2c(=O)n(C)c(N3Cc4ccccc4C3)nc12. The number of para-hydroxylation sites is 1. The van der Waals surface area contributed by atoms with Crippen molar-refractivity contribution in [1.82, 2.24) is 15.0 Å². The standard InChI is InChI=1S/C28H29N5O3/c1-17-13-22(18(2)29-24-12-8-7-11-21(24)26(34)31-36-4)25-23(14-17)27(35)32(3)28(30-25)33-15-19-9-5-6-10-20(19)16-33/h5-14,18,29H,15-16H2,1-4H3,(H,31,34). The molecule has 0 bridgehead atoms. The van der Waals surface area contributed by atoms with Crippen molar-refractivity contribution in [3.8, 4) is 0 Å². The number of anilines is 2. The maximum atomic E-state index is 13.5. The Morgan fingerprint density at radius 2 is 1.72 bits per heavy atom. The van der Waals surface area contributed by atoms with Crippen LogP contribution in [0, 0.1) is 6.92 Å². The van der Waals surface area contributed by atoms with E-state index in [1.807, 2.05) is 50.2 Å². The van der Waals surface area contributed by atoms with Crippen molar-refractivity contribution in [2.24, 2.45) is 7.05 Å². The van der Waals surface area contributed by atoms with Gasteiger partial charge in [-0.3, -0.25) is 19.0 Å². The lowest BCUT2D eigenvalue weighted by molar-refractivity contribution is 0.0538. The van der Waals surface area contributed by atoms with Crippen molar-refractivity contribution in [2.45, 2.75) is 33.0 Å². The van der Waals surface area contributed by atoms with E-state index in [9.17, 15) is 9.59 Å². The first-order valence-corrected chi connectivity index (χ1v) is 11.9. The molecular formula is C28H29N5O3. The monoisotopic (exact) mass is 483 g/mol. The minimum atomic E-state index is -0.343. The molecule has 8 nitrogen and oxygen atoms in total. The van der Waals surface area contributed by atoms with Gasteiger partial charge in [0.05, 0.1) is 29.6 Å². The van der Waals surface area contributed by atoms with Crippen LogP contribution in [0.5, 0.6) is 0 Å². The number of amides is 1. The minimum Gasteiger partial charge on any atom is -0.378 e. The maximum absolute atomic E-state index is 13.5. The normalized spacial score (nSPS) is 13.5. The molecule has 0 radical (unpaired) electrons. The van der Waals surface area contributed by atoms with Crippen LogP contribution in [0.25, 0.3) is 10.9 Å². The number of carbonyl (C=O) groups is 1. The fourth-order valence-corrected chi connectivity index (χ4v) is 4.89. The molecule has 4 aromatic rings. The van der Waals surface area contributed by atoms with E-state index in [0.717, 1.165) is 11.1 Å². The molecule has 1 amide bonds. The predicted octanol–water partition coefficient (Wildman–Crippen LogP) is 4.23. The summed E-state index contributed by atoms with van der Waals surface area (Å²) in [5, 5.41) is 4.02. The van der Waals surface area contributed by atoms with Gasteiger partial charge < -0.3 is 10.2 Å². The zero-order valence-corrected chi connectivity index (χ0v) is 20.8. The molecule has 8 heteroatoms. The first kappa shape index (κ1) is 23.6. The molecule has 5 rings (SSSR count). The van der Waals surface area contributed by atoms with Crippen LogP contribution >= 0.6 is 0 Å². The fraction of sp³-hybridized carbons (Fsp3) is 0.250. The smallest absolute Gasteiger partial charge is 0.276 e. The third kappa shape index (κ3) is 4.20. The molecule has 1 aliphatic heterocycles. The molecule has 1 aliphatic rings. The lowest BCUT2D eigenvalue weighted by Gasteiger charge is -2.23. The average Bonchev–Trinajstić information content (AvgIpc) is 3.30. The summed E-state index contributed by atoms with van der Waals surface area (Å²) in [6, 6.07) is 19.3. The number of fused-ring (bicyclic) bond motifs is 2. The van der Waals surface area contributed by atoms with Crippen LogP contribution in [0.2, 0.25) is 0 Å². The highest BCUT2D eigenvalue weighted by atomic mass is 16.6. The first-order chi connectivity index (χ1) is 17.4. The predicted molar refractivity (Wildman–Crippen MR) is 141 cm³/mol. The molecule has 0 fully saturated rings. The van der Waals surface area contributed by atoms with Gasteiger partial charge in [-0.05, 0) is 48.7 Å². The molecular weight excluding hydrogens is 454 g/mol. The second-order valence-electron chi connectivity index (χ2n) is 9.20. The van der Waals surface area contributed by atoms with Crippen molar-refractivity contribution in [2.75, 3.05) is 17.3 Å². The van der Waals surface area contributed by atoms with Crippen LogP contribution in [-0.4, -0.2) is 22.6 Å². The number of hydroxylamine groups is 1. The van der Waals surface area contributed by atoms with E-state index in [1.54, 1.807) is 23.7 Å². The number of hydrogen-bond acceptors (Lipinski definition) is 6. The number of aryl methyl sites for hydroxylation is 1. The second kappa shape index (κ2) is 9.47. The molecule has 2 N–H and O–H groups in total. The number of benzene rings is 3. The molecule has 1 aromatic heterocycles. The lowest BCUT2D eigenvalue weighted by atomic mass is 10.0. The topological polar surface area (TPSA) is 88.5 Å². The molecule has 0 aliphatic carbocycles. The van der Waals surface area contributed by atoms with Crippen LogP contribution in [-0.2, 0) is 25.0 Å². The number of aromatic nitrogens is 2. The van der Waals surface area contributed by atoms with Gasteiger partial charge in [-0.2, -0.15) is 0 Å². The van der Waals surface area contributed by atoms with Crippen LogP contribution < -0.4 is 21.3 Å². The van der Waals surface area contributed by atoms with E-state index in [2.05, 4.69) is 27.8 Å². The Morgan fingerprint density at radius 3 is 2.42 bits per heavy atom. The lowest BCUT2D eigenvalue weighted by Crippen LogP contribution is -2.28. The summed E-state index contributed by atoms with van der Waals surface area (Å²) >= 11 is 0. The zero-order valence-electron chi connectivity index (χ0n) is 20.8. The number of rotatable bonds is 6. The highest BCUT2D eigenvalue weighted by Gasteiger charge is 2.24. The quantitative estimate of drug-likeness (QED) is 0.399. The van der Waals surface area contributed by atoms with E-state index in [4.69, 9.17) is 9.82 Å². The Balaban J connectivity index is 1.57. The largest absolute Gasteiger partial charge is 0.378 e. The van der Waals surface area contributed by atoms with E-state index < -0.39 is 0 Å². The number of carbonyl (C=O) groups excluding carboxylic acids is 1. The molecule has 1 unspecified atom stereocenters. The highest BCUT2D eigenvalue weighted by Crippen LogP contribution is 2.31. The third-order valence-corrected chi connectivity index (χ3v) is 6.66. The van der Waals surface area contributed by atoms with Crippen molar-refractivity contribution >= 4 is 28.4 Å². The molecule has 2 heterocycles. The van der Waals surface area contributed by atoms with Crippen LogP contribution in [0.4, 0.5) is 11.6 Å². The number of nitrogens with one attached hydrogen (secondary N) is 2. The van der Waals surface area contributed by atoms with E-state index >= 15 is 0 Å². The Bertz CT molecular complexity index is 1500. The molecule has 184 valence electrons. The molecule has 1 atom stereocenters. The second-order valence-corrected chi connectivity index (χ2v) is 9.20. The fourth-order valence-electron chi connectivity index (χ4n) is 4.89. The number of hydrogen-bond donors (Lipinski definition) is 2. The number of nitrogens with zero attached hydrogens (tertiary/aromatic N) is 3. The summed E-state index contributed by atoms with van der Waals surface area (Å²) < 4.78 is 1.64. The van der Waals surface area contributed by atoms with Crippen LogP contribution in [0.15, 0.2) is 65.5 Å². The summed E-state index contributed by atoms with van der Waals surface area (Å²) in [5.74, 6) is 0.297. The van der Waals surface area contributed by atoms with Crippen molar-refractivity contribution in [3.05, 3.63) is 98.8 Å². The van der Waals surface area contributed by atoms with Crippen LogP contribution in [0.3, 0.4) is 0 Å². The van der Waals surface area contributed by atoms with E-state index in [-0.39, 0.29) is 17.5 Å². The molecule has 0 spiro atoms. The van der Waals surface area contributed by atoms with Gasteiger partial charge in [-0.1, -0.05) is 42.5 Å². The highest BCUT2D eigenvalue weighted by molar-refractivity contribution is 5.99. The van der Waals surface area contributed by atoms with Gasteiger partial charge in [-0.25, -0.2) is 10.5 Å². The summed E-state index contributed by atoms with van der Waals surface area (Å²) in [6.07, 6.45) is 0. The molecule has 0 saturated heterocycles. The summed E-state index contributed by atoms with van der Waals surface area (Å²) in [7, 11) is 3.18. The molecule has 36 heavy (non-hydrogen) atoms. The van der Waals surface area contributed by atoms with Gasteiger partial charge in [0.15, 0.2) is 0 Å². The van der Waals surface area contributed by atoms with Gasteiger partial charge in [0.25, 0.3) is 11.5 Å². The van der Waals surface area contributed by atoms with Crippen molar-refractivity contribution in [1.29, 1.82) is 0 Å². The summed E-state index contributed by atoms with van der Waals surface area (Å²) in [4.78, 5) is 38.0. The van der Waals surface area contributed by atoms with Crippen molar-refractivity contribution in [3.63, 3.8) is 0 Å². The third-order valence-electron chi connectivity index (χ3n) is 6.66. The first-order valence-electron chi connectivity index (χ1n) is 11.9.